The number of methoxy groups -OCH3 is 3. The number of carbonyl (C=O) groups excluding carboxylic acids is 4. The molecule has 6 aliphatic rings. The van der Waals surface area contributed by atoms with Crippen LogP contribution < -0.4 is 8.34 Å². The summed E-state index contributed by atoms with van der Waals surface area (Å²) in [6.45, 7) is 10.8. The molecule has 14 rings (SSSR count). The number of H-pyrrole nitrogens is 1. The number of amides is 4. The Kier molecular flexibility index (Phi) is 27.5. The summed E-state index contributed by atoms with van der Waals surface area (Å²) in [6, 6.07) is 18.4. The molecule has 11 heterocycles. The second kappa shape index (κ2) is 36.5. The van der Waals surface area contributed by atoms with E-state index in [1.54, 1.807) is 79.1 Å². The van der Waals surface area contributed by atoms with Crippen molar-refractivity contribution < 1.29 is 33.4 Å². The number of benzene rings is 3. The largest absolute Gasteiger partial charge is 0.378 e. The van der Waals surface area contributed by atoms with Crippen molar-refractivity contribution in [1.29, 1.82) is 0 Å². The second-order valence-electron chi connectivity index (χ2n) is 24.1. The van der Waals surface area contributed by atoms with Crippen LogP contribution in [0.2, 0.25) is 13.3 Å². The van der Waals surface area contributed by atoms with Crippen LogP contribution in [0.3, 0.4) is 0 Å². The number of rotatable bonds is 17. The maximum atomic E-state index is 12.8. The Bertz CT molecular complexity index is 4160. The van der Waals surface area contributed by atoms with E-state index in [0.717, 1.165) is 80.7 Å². The zero-order valence-electron chi connectivity index (χ0n) is 56.3. The monoisotopic (exact) mass is 1690 g/mol. The summed E-state index contributed by atoms with van der Waals surface area (Å²) in [6.07, 6.45) is 30.8. The number of hydrogen-bond donors (Lipinski definition) is 2. The summed E-state index contributed by atoms with van der Waals surface area (Å²) in [7, 11) is 4.93. The van der Waals surface area contributed by atoms with E-state index in [4.69, 9.17) is 19.2 Å². The van der Waals surface area contributed by atoms with Gasteiger partial charge in [-0.2, -0.15) is 0 Å². The van der Waals surface area contributed by atoms with E-state index in [1.807, 2.05) is 103 Å². The molecule has 26 heteroatoms. The number of imidazole rings is 3. The van der Waals surface area contributed by atoms with Gasteiger partial charge in [-0.25, -0.2) is 19.9 Å². The van der Waals surface area contributed by atoms with E-state index in [9.17, 15) is 19.2 Å². The van der Waals surface area contributed by atoms with Crippen molar-refractivity contribution >= 4 is 142 Å². The van der Waals surface area contributed by atoms with Crippen LogP contribution in [0.15, 0.2) is 144 Å². The van der Waals surface area contributed by atoms with Crippen LogP contribution in [0.25, 0.3) is 27.7 Å². The number of allylic oxidation sites excluding steroid dienone is 2. The standard InChI is InChI=1S/C21H19N5O2S.C18H17IN4O2.C13H11IN2O2.C5H8N2O.3C4H9.C3H2NS.Sn/c1-28-12-14-11-25(13-24-14)19-9-18-16-3-2-4-17(21-22-6-8-29-21)15(16)5-7-26(18)20(27)10-23-19;1-25-10-12-9-22(11-21-12)17-7-16-14-3-2-4-15(19)13(14)5-6-23(16)18(24)8-20-17;14-10-3-1-2-9-8(10)4-5-16-11(9)6-12(17)15-7-13(16)18;1-8-3-5-2-6-4-7-5;3*1-3-4-2;1-2-5-3-4-1;/h2-4,6,8-9,11,13H,5,7,10,12H2,1H3;2-4,7,9,11H,5-6,8,10H2,1H3;1-3,6H,4-5,7H2,(H,15,17);2,4H,3H2,1H3,(H,6,7);3*1,3-4H2,2H3;1-2H;. The number of ether oxygens (including phenoxy) is 3. The van der Waals surface area contributed by atoms with Gasteiger partial charge in [-0.05, 0) is 93.3 Å². The first-order valence-corrected chi connectivity index (χ1v) is 44.6. The number of fused-ring (bicyclic) bond motifs is 9. The van der Waals surface area contributed by atoms with E-state index < -0.39 is 18.4 Å². The fourth-order valence-electron chi connectivity index (χ4n) is 12.7. The summed E-state index contributed by atoms with van der Waals surface area (Å²) in [5, 5.41) is 7.78. The van der Waals surface area contributed by atoms with E-state index in [-0.39, 0.29) is 43.3 Å². The Morgan fingerprint density at radius 2 is 1.04 bits per heavy atom. The van der Waals surface area contributed by atoms with Crippen LogP contribution in [-0.2, 0) is 72.5 Å². The molecule has 0 saturated heterocycles. The number of aromatic nitrogens is 8. The van der Waals surface area contributed by atoms with Crippen LogP contribution in [0, 0.1) is 7.14 Å². The minimum atomic E-state index is -2.12. The third-order valence-corrected chi connectivity index (χ3v) is 39.1. The smallest absolute Gasteiger partial charge is 0.248 e. The number of nitrogens with zero attached hydrogens (tertiary/aromatic N) is 12. The zero-order chi connectivity index (χ0) is 69.0. The third-order valence-electron chi connectivity index (χ3n) is 17.6. The predicted molar refractivity (Wildman–Crippen MR) is 406 cm³/mol. The average molecular weight is 1690 g/mol. The number of aliphatic imine (C=N–C) groups is 2. The van der Waals surface area contributed by atoms with Gasteiger partial charge >= 0.3 is 122 Å². The van der Waals surface area contributed by atoms with Crippen molar-refractivity contribution in [3.05, 3.63) is 191 Å². The van der Waals surface area contributed by atoms with Gasteiger partial charge in [-0.3, -0.25) is 38.3 Å². The fourth-order valence-corrected chi connectivity index (χ4v) is 34.1. The zero-order valence-corrected chi connectivity index (χ0v) is 65.1. The van der Waals surface area contributed by atoms with Gasteiger partial charge in [0.15, 0.2) is 0 Å². The molecular weight excluding hydrogens is 1610 g/mol. The molecule has 0 spiro atoms. The Morgan fingerprint density at radius 1 is 0.561 bits per heavy atom. The van der Waals surface area contributed by atoms with E-state index in [1.165, 1.54) is 68.4 Å². The van der Waals surface area contributed by atoms with Gasteiger partial charge in [0, 0.05) is 113 Å². The van der Waals surface area contributed by atoms with Gasteiger partial charge < -0.3 is 39.2 Å². The van der Waals surface area contributed by atoms with Crippen molar-refractivity contribution in [3.8, 4) is 10.6 Å². The molecule has 21 nitrogen and oxygen atoms in total. The van der Waals surface area contributed by atoms with Crippen LogP contribution in [0.4, 0.5) is 0 Å². The molecule has 0 atom stereocenters. The average Bonchev–Trinajstić information content (AvgIpc) is 1.39. The molecule has 4 amide bonds. The Hall–Kier alpha value is -6.87. The first-order chi connectivity index (χ1) is 47.8. The molecule has 3 aromatic carbocycles. The third kappa shape index (κ3) is 18.4. The molecule has 0 aliphatic carbocycles. The molecule has 514 valence electrons. The van der Waals surface area contributed by atoms with E-state index in [0.29, 0.717) is 51.1 Å². The number of carbonyl (C=O) groups is 4. The summed E-state index contributed by atoms with van der Waals surface area (Å²) >= 11 is 6.12. The Balaban J connectivity index is 0.000000139. The molecular formula is C72H84I2N14O7S2Sn. The van der Waals surface area contributed by atoms with Crippen molar-refractivity contribution in [2.45, 2.75) is 112 Å². The maximum absolute atomic E-state index is 12.8. The summed E-state index contributed by atoms with van der Waals surface area (Å²) in [5.74, 6) is 1.20. The molecule has 6 aliphatic heterocycles. The minimum absolute atomic E-state index is 0.00813. The quantitative estimate of drug-likeness (QED) is 0.0640. The van der Waals surface area contributed by atoms with E-state index in [2.05, 4.69) is 136 Å². The molecule has 8 aromatic rings. The normalized spacial score (nSPS) is 15.4. The first-order valence-electron chi connectivity index (χ1n) is 33.2. The number of thiazole rings is 2. The SMILES string of the molecule is CCC[CH2][Sn]([CH2]CCC)([CH2]CCC)[c]1nccs1.COCc1cn(C2=NCC(=O)N3CCc4c(I)cccc4C3=C2)cn1.COCc1cn(C2=NCC(=O)N3CCc4c(cccc4-c4nccs4)C3=C2)cn1.COCc1cnc[nH]1.O=C1C=C2c3cccc(I)c3CCN2C(=O)CN1. The Labute approximate surface area is 612 Å². The maximum Gasteiger partial charge on any atom is 0.248 e. The van der Waals surface area contributed by atoms with Gasteiger partial charge in [-0.1, -0.05) is 42.5 Å². The minimum Gasteiger partial charge on any atom is -0.378 e. The van der Waals surface area contributed by atoms with Gasteiger partial charge in [0.2, 0.25) is 23.6 Å². The van der Waals surface area contributed by atoms with Crippen LogP contribution in [0.1, 0.15) is 110 Å². The molecule has 5 aromatic heterocycles. The molecule has 0 radical (unpaired) electrons. The van der Waals surface area contributed by atoms with Crippen LogP contribution >= 0.6 is 67.9 Å². The van der Waals surface area contributed by atoms with E-state index >= 15 is 0 Å². The molecule has 98 heavy (non-hydrogen) atoms. The molecule has 2 N–H and O–H groups in total. The van der Waals surface area contributed by atoms with Crippen molar-refractivity contribution in [2.75, 3.05) is 60.6 Å². The summed E-state index contributed by atoms with van der Waals surface area (Å²) in [5.41, 5.74) is 13.2. The second-order valence-corrected chi connectivity index (χ2v) is 42.2. The molecule has 0 saturated carbocycles. The topological polar surface area (TPSA) is 233 Å². The number of nitrogens with one attached hydrogen (secondary N) is 2. The van der Waals surface area contributed by atoms with Gasteiger partial charge in [0.05, 0.1) is 73.1 Å². The van der Waals surface area contributed by atoms with Crippen LogP contribution in [-0.4, -0.2) is 168 Å². The number of halogens is 2. The number of hydrogen-bond acceptors (Lipinski definition) is 16. The predicted octanol–water partition coefficient (Wildman–Crippen LogP) is 12.1. The first kappa shape index (κ1) is 73.8. The van der Waals surface area contributed by atoms with Gasteiger partial charge in [0.25, 0.3) is 0 Å². The molecule has 0 fully saturated rings. The molecule has 0 unspecified atom stereocenters. The molecule has 0 bridgehead atoms. The Morgan fingerprint density at radius 3 is 1.52 bits per heavy atom. The fraction of sp³-hybridized carbons (Fsp3) is 0.375. The van der Waals surface area contributed by atoms with Gasteiger partial charge in [0.1, 0.15) is 42.4 Å². The van der Waals surface area contributed by atoms with Crippen LogP contribution in [0.5, 0.6) is 0 Å². The summed E-state index contributed by atoms with van der Waals surface area (Å²) < 4.78 is 27.4. The van der Waals surface area contributed by atoms with Crippen molar-refractivity contribution in [1.82, 2.24) is 59.1 Å². The number of aromatic amines is 1. The van der Waals surface area contributed by atoms with Gasteiger partial charge in [-0.15, -0.1) is 11.3 Å². The van der Waals surface area contributed by atoms with Crippen molar-refractivity contribution in [2.24, 2.45) is 9.98 Å². The van der Waals surface area contributed by atoms with Crippen molar-refractivity contribution in [3.63, 3.8) is 0 Å². The number of unbranched alkanes of at least 4 members (excludes halogenated alkanes) is 3. The summed E-state index contributed by atoms with van der Waals surface area (Å²) in [4.78, 5) is 88.0.